The quantitative estimate of drug-likeness (QED) is 0.0765. The van der Waals surface area contributed by atoms with Crippen molar-refractivity contribution in [2.24, 2.45) is 0 Å². The number of benzene rings is 1. The standard InChI is InChI=1S/C31H49N7O13.Gd/c1-20-24(31(51)33-22(17-39)18-40)10-21(30(50)32-12-23(42)19-41)11-25(20)34-26(43)13-35-2-4-36(14-27(44)45)6-8-38(16-29(48)49)9-7-37(5-3-35)15-28(46)47;/h10-11,22-23,39-42H,2-9,12-19H2,1H3,(H,32,50)(H,33,51)(H,34,43)(H,44,45)(H,46,47)(H,48,49);/q;+3/p-3. The maximum atomic E-state index is 13.5. The van der Waals surface area contributed by atoms with Crippen LogP contribution in [-0.2, 0) is 19.2 Å². The summed E-state index contributed by atoms with van der Waals surface area (Å²) in [5, 5.41) is 79.3. The van der Waals surface area contributed by atoms with Gasteiger partial charge >= 0.3 is 39.9 Å². The van der Waals surface area contributed by atoms with Crippen molar-refractivity contribution in [2.45, 2.75) is 19.1 Å². The molecule has 0 spiro atoms. The Morgan fingerprint density at radius 2 is 1.12 bits per heavy atom. The molecule has 1 unspecified atom stereocenters. The Hall–Kier alpha value is -2.96. The van der Waals surface area contributed by atoms with Crippen LogP contribution < -0.4 is 31.3 Å². The van der Waals surface area contributed by atoms with E-state index in [4.69, 9.17) is 5.11 Å². The van der Waals surface area contributed by atoms with Gasteiger partial charge < -0.3 is 66.1 Å². The number of carbonyl (C=O) groups is 6. The molecule has 1 fully saturated rings. The first-order valence-corrected chi connectivity index (χ1v) is 16.2. The maximum Gasteiger partial charge on any atom is 3.00 e. The molecule has 2 rings (SSSR count). The topological polar surface area (TPSA) is 302 Å². The van der Waals surface area contributed by atoms with Gasteiger partial charge in [0.2, 0.25) is 5.91 Å². The predicted molar refractivity (Wildman–Crippen MR) is 171 cm³/mol. The fourth-order valence-electron chi connectivity index (χ4n) is 5.15. The molecule has 0 aliphatic carbocycles. The summed E-state index contributed by atoms with van der Waals surface area (Å²) < 4.78 is 0. The van der Waals surface area contributed by atoms with Gasteiger partial charge in [-0.05, 0) is 24.6 Å². The van der Waals surface area contributed by atoms with Crippen LogP contribution in [0.1, 0.15) is 26.3 Å². The predicted octanol–water partition coefficient (Wildman–Crippen LogP) is -8.43. The molecule has 52 heavy (non-hydrogen) atoms. The monoisotopic (exact) mass is 882 g/mol. The SMILES string of the molecule is Cc1c(NC(=O)CN2CCN(CC(=O)[O-])CCN(CC(=O)[O-])CCN(CC(=O)[O-])CC2)cc(C(=O)NCC(O)CO)cc1C(=O)NC(CO)CO.[Gd+3]. The Labute approximate surface area is 332 Å². The van der Waals surface area contributed by atoms with Crippen molar-refractivity contribution in [2.75, 3.05) is 110 Å². The van der Waals surface area contributed by atoms with Crippen LogP contribution >= 0.6 is 0 Å². The fraction of sp³-hybridized carbons (Fsp3) is 0.613. The third-order valence-corrected chi connectivity index (χ3v) is 8.03. The largest absolute Gasteiger partial charge is 3.00 e. The van der Waals surface area contributed by atoms with Crippen molar-refractivity contribution in [1.29, 1.82) is 0 Å². The minimum atomic E-state index is -1.37. The van der Waals surface area contributed by atoms with E-state index < -0.39 is 87.2 Å². The minimum absolute atomic E-state index is 0. The second kappa shape index (κ2) is 24.4. The molecule has 1 atom stereocenters. The van der Waals surface area contributed by atoms with Gasteiger partial charge in [0.25, 0.3) is 11.8 Å². The van der Waals surface area contributed by atoms with Gasteiger partial charge in [0, 0.05) is 95.4 Å². The molecule has 3 amide bonds. The molecular formula is C31H46GdN7O13. The van der Waals surface area contributed by atoms with Gasteiger partial charge in [0.05, 0.1) is 56.4 Å². The molecular weight excluding hydrogens is 836 g/mol. The van der Waals surface area contributed by atoms with Crippen LogP contribution in [0.2, 0.25) is 0 Å². The second-order valence-electron chi connectivity index (χ2n) is 12.0. The molecule has 0 bridgehead atoms. The maximum absolute atomic E-state index is 13.5. The van der Waals surface area contributed by atoms with E-state index in [0.29, 0.717) is 0 Å². The number of amides is 3. The molecule has 1 heterocycles. The number of carboxylic acids is 3. The van der Waals surface area contributed by atoms with E-state index in [-0.39, 0.29) is 128 Å². The fourth-order valence-corrected chi connectivity index (χ4v) is 5.15. The van der Waals surface area contributed by atoms with E-state index in [1.807, 2.05) is 0 Å². The van der Waals surface area contributed by atoms with Gasteiger partial charge in [-0.3, -0.25) is 34.0 Å². The van der Waals surface area contributed by atoms with Crippen LogP contribution in [0, 0.1) is 46.9 Å². The Bertz CT molecular complexity index is 1340. The molecule has 7 N–H and O–H groups in total. The Balaban J connectivity index is 0.0000135. The molecule has 1 aliphatic heterocycles. The van der Waals surface area contributed by atoms with Crippen molar-refractivity contribution in [3.05, 3.63) is 28.8 Å². The molecule has 0 aromatic heterocycles. The number of carboxylic acid groups (broad SMARTS) is 3. The van der Waals surface area contributed by atoms with Crippen LogP contribution in [0.25, 0.3) is 0 Å². The Morgan fingerprint density at radius 3 is 1.50 bits per heavy atom. The first-order valence-electron chi connectivity index (χ1n) is 16.2. The molecule has 1 saturated heterocycles. The average molecular weight is 882 g/mol. The van der Waals surface area contributed by atoms with Crippen molar-refractivity contribution >= 4 is 41.3 Å². The zero-order valence-electron chi connectivity index (χ0n) is 28.7. The van der Waals surface area contributed by atoms with E-state index in [0.717, 1.165) is 0 Å². The molecule has 21 heteroatoms. The zero-order valence-corrected chi connectivity index (χ0v) is 31.0. The number of aliphatic carboxylic acids is 3. The van der Waals surface area contributed by atoms with Crippen molar-refractivity contribution < 1.29 is 104 Å². The Kier molecular flexibility index (Phi) is 22.1. The number of rotatable bonds is 17. The summed E-state index contributed by atoms with van der Waals surface area (Å²) in [5.74, 6) is -6.24. The summed E-state index contributed by atoms with van der Waals surface area (Å²) in [6, 6.07) is 1.49. The van der Waals surface area contributed by atoms with Gasteiger partial charge in [0.15, 0.2) is 0 Å². The van der Waals surface area contributed by atoms with Crippen molar-refractivity contribution in [1.82, 2.24) is 30.2 Å². The van der Waals surface area contributed by atoms with Crippen LogP contribution in [0.5, 0.6) is 0 Å². The molecule has 1 aromatic rings. The average Bonchev–Trinajstić information content (AvgIpc) is 3.06. The third-order valence-electron chi connectivity index (χ3n) is 8.03. The molecule has 1 aromatic carbocycles. The zero-order chi connectivity index (χ0) is 38.1. The molecule has 20 nitrogen and oxygen atoms in total. The minimum Gasteiger partial charge on any atom is -0.549 e. The van der Waals surface area contributed by atoms with Gasteiger partial charge in [-0.25, -0.2) is 0 Å². The number of carbonyl (C=O) groups excluding carboxylic acids is 6. The molecule has 1 radical (unpaired) electrons. The van der Waals surface area contributed by atoms with Gasteiger partial charge in [-0.1, -0.05) is 0 Å². The van der Waals surface area contributed by atoms with Crippen LogP contribution in [0.3, 0.4) is 0 Å². The number of nitrogens with zero attached hydrogens (tertiary/aromatic N) is 4. The number of aliphatic hydroxyl groups excluding tert-OH is 4. The first kappa shape index (κ1) is 47.1. The molecule has 0 saturated carbocycles. The van der Waals surface area contributed by atoms with E-state index in [1.54, 1.807) is 4.90 Å². The summed E-state index contributed by atoms with van der Waals surface area (Å²) >= 11 is 0. The molecule has 1 aliphatic rings. The van der Waals surface area contributed by atoms with Gasteiger partial charge in [-0.15, -0.1) is 0 Å². The first-order chi connectivity index (χ1) is 24.1. The number of nitrogens with one attached hydrogen (secondary N) is 3. The van der Waals surface area contributed by atoms with Crippen LogP contribution in [-0.4, -0.2) is 193 Å². The number of hydrogen-bond donors (Lipinski definition) is 7. The summed E-state index contributed by atoms with van der Waals surface area (Å²) in [4.78, 5) is 79.9. The smallest absolute Gasteiger partial charge is 0.549 e. The van der Waals surface area contributed by atoms with Crippen molar-refractivity contribution in [3.8, 4) is 0 Å². The normalized spacial score (nSPS) is 16.1. The van der Waals surface area contributed by atoms with E-state index in [1.165, 1.54) is 33.8 Å². The second-order valence-corrected chi connectivity index (χ2v) is 12.0. The molecule has 291 valence electrons. The van der Waals surface area contributed by atoms with Gasteiger partial charge in [0.1, 0.15) is 0 Å². The van der Waals surface area contributed by atoms with Crippen molar-refractivity contribution in [3.63, 3.8) is 0 Å². The van der Waals surface area contributed by atoms with E-state index in [2.05, 4.69) is 16.0 Å². The number of anilines is 1. The van der Waals surface area contributed by atoms with Crippen LogP contribution in [0.4, 0.5) is 5.69 Å². The van der Waals surface area contributed by atoms with E-state index in [9.17, 15) is 59.4 Å². The van der Waals surface area contributed by atoms with E-state index >= 15 is 0 Å². The number of aliphatic hydroxyl groups is 4. The number of hydrogen-bond acceptors (Lipinski definition) is 17. The van der Waals surface area contributed by atoms with Crippen LogP contribution in [0.15, 0.2) is 12.1 Å². The summed E-state index contributed by atoms with van der Waals surface area (Å²) in [6.07, 6.45) is -1.26. The van der Waals surface area contributed by atoms with Gasteiger partial charge in [-0.2, -0.15) is 0 Å². The summed E-state index contributed by atoms with van der Waals surface area (Å²) in [5.41, 5.74) is 0.0788. The summed E-state index contributed by atoms with van der Waals surface area (Å²) in [6.45, 7) is -1.41. The Morgan fingerprint density at radius 1 is 0.692 bits per heavy atom. The third kappa shape index (κ3) is 17.2. The summed E-state index contributed by atoms with van der Waals surface area (Å²) in [7, 11) is 0.